The maximum atomic E-state index is 8.41. The third kappa shape index (κ3) is 3.14. The highest BCUT2D eigenvalue weighted by Crippen LogP contribution is 2.24. The first-order valence-electron chi connectivity index (χ1n) is 3.76. The maximum Gasteiger partial charge on any atom is 0.237 e. The Bertz CT molecular complexity index is 466. The summed E-state index contributed by atoms with van der Waals surface area (Å²) in [4.78, 5) is 0. The molecule has 0 amide bonds. The zero-order valence-electron chi connectivity index (χ0n) is 7.33. The van der Waals surface area contributed by atoms with Gasteiger partial charge in [-0.05, 0) is 18.2 Å². The number of hydrazone groups is 1. The molecule has 74 valence electrons. The van der Waals surface area contributed by atoms with Crippen molar-refractivity contribution in [3.8, 4) is 12.1 Å². The van der Waals surface area contributed by atoms with Gasteiger partial charge in [0, 0.05) is 0 Å². The highest BCUT2D eigenvalue weighted by molar-refractivity contribution is 6.42. The molecule has 6 heteroatoms. The first-order valence-corrected chi connectivity index (χ1v) is 4.52. The van der Waals surface area contributed by atoms with Gasteiger partial charge >= 0.3 is 0 Å². The first-order chi connectivity index (χ1) is 7.17. The molecule has 0 aliphatic heterocycles. The first kappa shape index (κ1) is 11.3. The van der Waals surface area contributed by atoms with Crippen molar-refractivity contribution in [2.75, 3.05) is 5.43 Å². The summed E-state index contributed by atoms with van der Waals surface area (Å²) >= 11 is 11.4. The predicted molar refractivity (Wildman–Crippen MR) is 58.7 cm³/mol. The van der Waals surface area contributed by atoms with Gasteiger partial charge in [-0.25, -0.2) is 0 Å². The van der Waals surface area contributed by atoms with Crippen molar-refractivity contribution in [3.63, 3.8) is 0 Å². The van der Waals surface area contributed by atoms with Crippen LogP contribution in [0.1, 0.15) is 0 Å². The number of benzene rings is 1. The van der Waals surface area contributed by atoms with Crippen LogP contribution in [0.3, 0.4) is 0 Å². The van der Waals surface area contributed by atoms with E-state index in [9.17, 15) is 0 Å². The summed E-state index contributed by atoms with van der Waals surface area (Å²) in [5, 5.41) is 21.2. The van der Waals surface area contributed by atoms with Crippen molar-refractivity contribution in [1.29, 1.82) is 10.5 Å². The van der Waals surface area contributed by atoms with Gasteiger partial charge in [-0.3, -0.25) is 5.43 Å². The Labute approximate surface area is 96.3 Å². The summed E-state index contributed by atoms with van der Waals surface area (Å²) in [5.41, 5.74) is 2.80. The number of rotatable bonds is 2. The number of nitrogens with one attached hydrogen (secondary N) is 1. The molecule has 15 heavy (non-hydrogen) atoms. The number of hydrogen-bond donors (Lipinski definition) is 1. The Hall–Kier alpha value is -1.75. The van der Waals surface area contributed by atoms with Crippen LogP contribution in [0.15, 0.2) is 23.3 Å². The maximum absolute atomic E-state index is 8.41. The molecule has 0 heterocycles. The number of halogens is 2. The molecule has 4 nitrogen and oxygen atoms in total. The fourth-order valence-corrected chi connectivity index (χ4v) is 1.06. The van der Waals surface area contributed by atoms with Crippen LogP contribution in [0.5, 0.6) is 0 Å². The second-order valence-electron chi connectivity index (χ2n) is 2.42. The summed E-state index contributed by atoms with van der Waals surface area (Å²) in [6.45, 7) is 0. The van der Waals surface area contributed by atoms with Crippen LogP contribution in [0.4, 0.5) is 5.69 Å². The number of hydrogen-bond acceptors (Lipinski definition) is 4. The van der Waals surface area contributed by atoms with Crippen molar-refractivity contribution in [2.24, 2.45) is 5.10 Å². The molecule has 0 unspecified atom stereocenters. The average Bonchev–Trinajstić information content (AvgIpc) is 2.24. The van der Waals surface area contributed by atoms with Gasteiger partial charge in [0.1, 0.15) is 12.1 Å². The minimum atomic E-state index is -0.263. The van der Waals surface area contributed by atoms with E-state index in [1.165, 1.54) is 0 Å². The topological polar surface area (TPSA) is 72.0 Å². The largest absolute Gasteiger partial charge is 0.276 e. The number of nitrogens with zero attached hydrogens (tertiary/aromatic N) is 3. The van der Waals surface area contributed by atoms with Gasteiger partial charge in [0.25, 0.3) is 0 Å². The Morgan fingerprint density at radius 1 is 1.20 bits per heavy atom. The molecule has 0 spiro atoms. The second kappa shape index (κ2) is 5.21. The Balaban J connectivity index is 2.84. The van der Waals surface area contributed by atoms with E-state index in [2.05, 4.69) is 10.5 Å². The molecule has 1 aromatic carbocycles. The second-order valence-corrected chi connectivity index (χ2v) is 3.24. The minimum absolute atomic E-state index is 0.263. The average molecular weight is 239 g/mol. The minimum Gasteiger partial charge on any atom is -0.276 e. The Morgan fingerprint density at radius 3 is 2.40 bits per heavy atom. The fourth-order valence-electron chi connectivity index (χ4n) is 0.761. The molecule has 0 saturated carbocycles. The van der Waals surface area contributed by atoms with Crippen LogP contribution in [-0.2, 0) is 0 Å². The van der Waals surface area contributed by atoms with Crippen LogP contribution >= 0.6 is 23.2 Å². The molecule has 0 aliphatic rings. The molecule has 1 rings (SSSR count). The zero-order chi connectivity index (χ0) is 11.3. The van der Waals surface area contributed by atoms with Gasteiger partial charge in [0.2, 0.25) is 5.71 Å². The quantitative estimate of drug-likeness (QED) is 0.637. The monoisotopic (exact) mass is 238 g/mol. The van der Waals surface area contributed by atoms with Crippen LogP contribution in [0.25, 0.3) is 0 Å². The van der Waals surface area contributed by atoms with E-state index in [0.717, 1.165) is 0 Å². The van der Waals surface area contributed by atoms with Crippen LogP contribution in [-0.4, -0.2) is 5.71 Å². The number of anilines is 1. The molecular weight excluding hydrogens is 235 g/mol. The van der Waals surface area contributed by atoms with Gasteiger partial charge in [-0.1, -0.05) is 23.2 Å². The molecule has 0 saturated heterocycles. The van der Waals surface area contributed by atoms with Crippen molar-refractivity contribution in [1.82, 2.24) is 0 Å². The third-order valence-corrected chi connectivity index (χ3v) is 2.17. The summed E-state index contributed by atoms with van der Waals surface area (Å²) in [5.74, 6) is 0. The number of nitriles is 2. The summed E-state index contributed by atoms with van der Waals surface area (Å²) in [6.07, 6.45) is 0. The Morgan fingerprint density at radius 2 is 1.87 bits per heavy atom. The van der Waals surface area contributed by atoms with Crippen LogP contribution in [0.2, 0.25) is 10.0 Å². The zero-order valence-corrected chi connectivity index (χ0v) is 8.84. The molecule has 0 aliphatic carbocycles. The molecule has 1 N–H and O–H groups in total. The predicted octanol–water partition coefficient (Wildman–Crippen LogP) is 2.81. The molecule has 1 aromatic rings. The fraction of sp³-hybridized carbons (Fsp3) is 0. The summed E-state index contributed by atoms with van der Waals surface area (Å²) in [7, 11) is 0. The van der Waals surface area contributed by atoms with Crippen molar-refractivity contribution < 1.29 is 0 Å². The van der Waals surface area contributed by atoms with Gasteiger partial charge in [-0.2, -0.15) is 15.6 Å². The normalized spacial score (nSPS) is 8.53. The van der Waals surface area contributed by atoms with E-state index in [4.69, 9.17) is 33.7 Å². The molecule has 0 atom stereocenters. The molecule has 0 fully saturated rings. The Kier molecular flexibility index (Phi) is 3.93. The van der Waals surface area contributed by atoms with Gasteiger partial charge in [0.15, 0.2) is 0 Å². The van der Waals surface area contributed by atoms with Crippen LogP contribution in [0, 0.1) is 22.7 Å². The van der Waals surface area contributed by atoms with E-state index in [-0.39, 0.29) is 5.71 Å². The van der Waals surface area contributed by atoms with E-state index < -0.39 is 0 Å². The summed E-state index contributed by atoms with van der Waals surface area (Å²) < 4.78 is 0. The van der Waals surface area contributed by atoms with Crippen molar-refractivity contribution in [3.05, 3.63) is 28.2 Å². The van der Waals surface area contributed by atoms with Crippen molar-refractivity contribution in [2.45, 2.75) is 0 Å². The van der Waals surface area contributed by atoms with E-state index in [0.29, 0.717) is 15.7 Å². The van der Waals surface area contributed by atoms with Crippen molar-refractivity contribution >= 4 is 34.6 Å². The lowest BCUT2D eigenvalue weighted by Crippen LogP contribution is -1.96. The van der Waals surface area contributed by atoms with Gasteiger partial charge in [-0.15, -0.1) is 0 Å². The highest BCUT2D eigenvalue weighted by atomic mass is 35.5. The lowest BCUT2D eigenvalue weighted by atomic mass is 10.3. The standard InChI is InChI=1S/C9H4Cl2N4/c10-8-2-1-6(3-9(8)11)14-15-7(4-12)5-13/h1-3,14H. The SMILES string of the molecule is N#CC(C#N)=NNc1ccc(Cl)c(Cl)c1. The molecule has 0 aromatic heterocycles. The van der Waals surface area contributed by atoms with E-state index in [1.54, 1.807) is 30.3 Å². The van der Waals surface area contributed by atoms with Gasteiger partial charge in [0.05, 0.1) is 15.7 Å². The molecule has 0 radical (unpaired) electrons. The van der Waals surface area contributed by atoms with Crippen LogP contribution < -0.4 is 5.43 Å². The lowest BCUT2D eigenvalue weighted by Gasteiger charge is -2.01. The highest BCUT2D eigenvalue weighted by Gasteiger charge is 1.99. The summed E-state index contributed by atoms with van der Waals surface area (Å²) in [6, 6.07) is 7.98. The van der Waals surface area contributed by atoms with E-state index in [1.807, 2.05) is 0 Å². The molecule has 0 bridgehead atoms. The van der Waals surface area contributed by atoms with Gasteiger partial charge < -0.3 is 0 Å². The van der Waals surface area contributed by atoms with E-state index >= 15 is 0 Å². The molecular formula is C9H4Cl2N4. The smallest absolute Gasteiger partial charge is 0.237 e. The lowest BCUT2D eigenvalue weighted by molar-refractivity contribution is 1.34. The third-order valence-electron chi connectivity index (χ3n) is 1.43.